The second kappa shape index (κ2) is 5.69. The van der Waals surface area contributed by atoms with Crippen molar-refractivity contribution in [3.63, 3.8) is 0 Å². The molecular formula is C13H11N3O3S. The lowest BCUT2D eigenvalue weighted by atomic mass is 10.2. The third-order valence-electron chi connectivity index (χ3n) is 2.50. The fourth-order valence-corrected chi connectivity index (χ4v) is 2.03. The Morgan fingerprint density at radius 1 is 1.25 bits per heavy atom. The summed E-state index contributed by atoms with van der Waals surface area (Å²) in [4.78, 5) is 3.88. The van der Waals surface area contributed by atoms with Gasteiger partial charge in [-0.25, -0.2) is 18.5 Å². The van der Waals surface area contributed by atoms with Gasteiger partial charge in [0, 0.05) is 6.20 Å². The first kappa shape index (κ1) is 14.0. The van der Waals surface area contributed by atoms with Gasteiger partial charge in [0.25, 0.3) is 0 Å². The van der Waals surface area contributed by atoms with Gasteiger partial charge in [-0.05, 0) is 42.0 Å². The maximum Gasteiger partial charge on any atom is 0.238 e. The molecule has 0 radical (unpaired) electrons. The molecule has 0 aliphatic carbocycles. The molecule has 6 nitrogen and oxygen atoms in total. The zero-order valence-corrected chi connectivity index (χ0v) is 11.2. The zero-order valence-electron chi connectivity index (χ0n) is 10.4. The van der Waals surface area contributed by atoms with Crippen LogP contribution in [-0.2, 0) is 16.6 Å². The molecule has 1 aromatic carbocycles. The minimum atomic E-state index is -3.70. The maximum absolute atomic E-state index is 11.1. The topological polar surface area (TPSA) is 106 Å². The molecule has 2 rings (SSSR count). The minimum Gasteiger partial charge on any atom is -0.489 e. The van der Waals surface area contributed by atoms with E-state index in [1.807, 2.05) is 6.07 Å². The van der Waals surface area contributed by atoms with Gasteiger partial charge in [-0.1, -0.05) is 0 Å². The van der Waals surface area contributed by atoms with Crippen LogP contribution >= 0.6 is 0 Å². The summed E-state index contributed by atoms with van der Waals surface area (Å²) in [5.41, 5.74) is 1.11. The van der Waals surface area contributed by atoms with Gasteiger partial charge in [-0.15, -0.1) is 0 Å². The first-order valence-corrected chi connectivity index (χ1v) is 7.14. The molecular weight excluding hydrogens is 278 g/mol. The van der Waals surface area contributed by atoms with Crippen LogP contribution in [0.2, 0.25) is 0 Å². The van der Waals surface area contributed by atoms with E-state index in [2.05, 4.69) is 4.98 Å². The lowest BCUT2D eigenvalue weighted by Crippen LogP contribution is -2.11. The van der Waals surface area contributed by atoms with E-state index in [1.165, 1.54) is 30.5 Å². The molecule has 0 saturated carbocycles. The maximum atomic E-state index is 11.1. The van der Waals surface area contributed by atoms with Crippen molar-refractivity contribution in [2.75, 3.05) is 0 Å². The van der Waals surface area contributed by atoms with Crippen LogP contribution in [0.15, 0.2) is 47.5 Å². The van der Waals surface area contributed by atoms with Crippen LogP contribution in [0.4, 0.5) is 0 Å². The van der Waals surface area contributed by atoms with E-state index in [0.29, 0.717) is 11.4 Å². The number of sulfonamides is 1. The number of rotatable bonds is 4. The smallest absolute Gasteiger partial charge is 0.238 e. The number of nitriles is 1. The van der Waals surface area contributed by atoms with Crippen LogP contribution < -0.4 is 9.88 Å². The summed E-state index contributed by atoms with van der Waals surface area (Å²) in [6.45, 7) is 0.256. The van der Waals surface area contributed by atoms with Gasteiger partial charge >= 0.3 is 0 Å². The van der Waals surface area contributed by atoms with Gasteiger partial charge < -0.3 is 4.74 Å². The molecule has 0 atom stereocenters. The third-order valence-corrected chi connectivity index (χ3v) is 3.43. The molecule has 0 amide bonds. The van der Waals surface area contributed by atoms with Gasteiger partial charge in [0.1, 0.15) is 24.1 Å². The predicted molar refractivity (Wildman–Crippen MR) is 71.1 cm³/mol. The summed E-state index contributed by atoms with van der Waals surface area (Å²) >= 11 is 0. The highest BCUT2D eigenvalue weighted by Crippen LogP contribution is 2.16. The number of hydrogen-bond donors (Lipinski definition) is 1. The second-order valence-electron chi connectivity index (χ2n) is 3.97. The van der Waals surface area contributed by atoms with Crippen LogP contribution in [-0.4, -0.2) is 13.4 Å². The molecule has 0 saturated heterocycles. The average Bonchev–Trinajstić information content (AvgIpc) is 2.45. The Kier molecular flexibility index (Phi) is 3.98. The van der Waals surface area contributed by atoms with Crippen molar-refractivity contribution >= 4 is 10.0 Å². The third kappa shape index (κ3) is 3.54. The lowest BCUT2D eigenvalue weighted by Gasteiger charge is -2.07. The Hall–Kier alpha value is -2.43. The number of aromatic nitrogens is 1. The Labute approximate surface area is 116 Å². The molecule has 0 bridgehead atoms. The highest BCUT2D eigenvalue weighted by molar-refractivity contribution is 7.89. The molecule has 0 fully saturated rings. The normalized spacial score (nSPS) is 10.8. The largest absolute Gasteiger partial charge is 0.489 e. The molecule has 2 aromatic rings. The Morgan fingerprint density at radius 3 is 2.55 bits per heavy atom. The molecule has 2 N–H and O–H groups in total. The number of ether oxygens (including phenoxy) is 1. The standard InChI is InChI=1S/C13H11N3O3S/c14-8-11-7-10(5-6-16-11)9-19-12-1-3-13(4-2-12)20(15,17)18/h1-7H,9H2,(H2,15,17,18). The molecule has 1 aromatic heterocycles. The summed E-state index contributed by atoms with van der Waals surface area (Å²) in [5.74, 6) is 0.507. The lowest BCUT2D eigenvalue weighted by molar-refractivity contribution is 0.306. The van der Waals surface area contributed by atoms with Crippen LogP contribution in [0.5, 0.6) is 5.75 Å². The van der Waals surface area contributed by atoms with Gasteiger partial charge in [-0.2, -0.15) is 5.26 Å². The number of pyridine rings is 1. The Bertz CT molecular complexity index is 749. The van der Waals surface area contributed by atoms with Crippen molar-refractivity contribution in [3.8, 4) is 11.8 Å². The second-order valence-corrected chi connectivity index (χ2v) is 5.53. The van der Waals surface area contributed by atoms with Crippen molar-refractivity contribution in [1.29, 1.82) is 5.26 Å². The van der Waals surface area contributed by atoms with Gasteiger partial charge in [0.05, 0.1) is 4.90 Å². The fraction of sp³-hybridized carbons (Fsp3) is 0.0769. The molecule has 0 unspecified atom stereocenters. The van der Waals surface area contributed by atoms with E-state index in [0.717, 1.165) is 5.56 Å². The van der Waals surface area contributed by atoms with Crippen LogP contribution in [0.3, 0.4) is 0 Å². The Morgan fingerprint density at radius 2 is 1.95 bits per heavy atom. The van der Waals surface area contributed by atoms with Crippen molar-refractivity contribution in [1.82, 2.24) is 4.98 Å². The van der Waals surface area contributed by atoms with Crippen molar-refractivity contribution < 1.29 is 13.2 Å². The molecule has 1 heterocycles. The molecule has 0 aliphatic rings. The fourth-order valence-electron chi connectivity index (χ4n) is 1.52. The number of primary sulfonamides is 1. The quantitative estimate of drug-likeness (QED) is 0.909. The average molecular weight is 289 g/mol. The zero-order chi connectivity index (χ0) is 14.6. The van der Waals surface area contributed by atoms with Gasteiger partial charge in [-0.3, -0.25) is 0 Å². The van der Waals surface area contributed by atoms with Gasteiger partial charge in [0.2, 0.25) is 10.0 Å². The SMILES string of the molecule is N#Cc1cc(COc2ccc(S(N)(=O)=O)cc2)ccn1. The van der Waals surface area contributed by atoms with E-state index < -0.39 is 10.0 Å². The van der Waals surface area contributed by atoms with Crippen LogP contribution in [0.1, 0.15) is 11.3 Å². The van der Waals surface area contributed by atoms with E-state index in [4.69, 9.17) is 15.1 Å². The van der Waals surface area contributed by atoms with Crippen molar-refractivity contribution in [3.05, 3.63) is 53.9 Å². The molecule has 0 aliphatic heterocycles. The summed E-state index contributed by atoms with van der Waals surface area (Å²) in [5, 5.41) is 13.7. The van der Waals surface area contributed by atoms with E-state index >= 15 is 0 Å². The minimum absolute atomic E-state index is 0.0283. The first-order valence-electron chi connectivity index (χ1n) is 5.60. The molecule has 20 heavy (non-hydrogen) atoms. The highest BCUT2D eigenvalue weighted by Gasteiger charge is 2.07. The molecule has 7 heteroatoms. The number of benzene rings is 1. The highest BCUT2D eigenvalue weighted by atomic mass is 32.2. The van der Waals surface area contributed by atoms with Crippen LogP contribution in [0.25, 0.3) is 0 Å². The summed E-state index contributed by atoms with van der Waals surface area (Å²) in [7, 11) is -3.70. The summed E-state index contributed by atoms with van der Waals surface area (Å²) < 4.78 is 27.7. The first-order chi connectivity index (χ1) is 9.49. The monoisotopic (exact) mass is 289 g/mol. The Balaban J connectivity index is 2.06. The van der Waals surface area contributed by atoms with Crippen molar-refractivity contribution in [2.24, 2.45) is 5.14 Å². The van der Waals surface area contributed by atoms with E-state index in [-0.39, 0.29) is 11.5 Å². The summed E-state index contributed by atoms with van der Waals surface area (Å²) in [6.07, 6.45) is 1.53. The summed E-state index contributed by atoms with van der Waals surface area (Å²) in [6, 6.07) is 11.1. The molecule has 102 valence electrons. The van der Waals surface area contributed by atoms with E-state index in [1.54, 1.807) is 12.1 Å². The van der Waals surface area contributed by atoms with Crippen LogP contribution in [0, 0.1) is 11.3 Å². The number of nitrogens with zero attached hydrogens (tertiary/aromatic N) is 2. The van der Waals surface area contributed by atoms with Gasteiger partial charge in [0.15, 0.2) is 0 Å². The van der Waals surface area contributed by atoms with Crippen molar-refractivity contribution in [2.45, 2.75) is 11.5 Å². The molecule has 0 spiro atoms. The number of nitrogens with two attached hydrogens (primary N) is 1. The van der Waals surface area contributed by atoms with E-state index in [9.17, 15) is 8.42 Å². The predicted octanol–water partition coefficient (Wildman–Crippen LogP) is 1.18. The number of hydrogen-bond acceptors (Lipinski definition) is 5.